The van der Waals surface area contributed by atoms with Crippen molar-refractivity contribution in [3.63, 3.8) is 0 Å². The SMILES string of the molecule is O=C([O-])CCCN(CCCC(=O)[O-])c1ccccc1.[Na+].[Na+]. The summed E-state index contributed by atoms with van der Waals surface area (Å²) in [7, 11) is 0. The number of para-hydroxylation sites is 1. The molecule has 0 spiro atoms. The minimum Gasteiger partial charge on any atom is -0.550 e. The van der Waals surface area contributed by atoms with E-state index in [1.54, 1.807) is 0 Å². The molecule has 0 amide bonds. The molecule has 104 valence electrons. The van der Waals surface area contributed by atoms with Crippen molar-refractivity contribution in [3.8, 4) is 0 Å². The Hall–Kier alpha value is -0.0400. The molecular formula is C14H17NNa2O4. The van der Waals surface area contributed by atoms with Crippen molar-refractivity contribution in [3.05, 3.63) is 30.3 Å². The molecule has 0 aromatic heterocycles. The number of rotatable bonds is 9. The first-order valence-electron chi connectivity index (χ1n) is 6.29. The molecule has 0 aliphatic heterocycles. The van der Waals surface area contributed by atoms with Crippen molar-refractivity contribution < 1.29 is 78.9 Å². The fraction of sp³-hybridized carbons (Fsp3) is 0.429. The summed E-state index contributed by atoms with van der Waals surface area (Å²) in [5, 5.41) is 20.8. The van der Waals surface area contributed by atoms with Crippen LogP contribution in [0.4, 0.5) is 5.69 Å². The zero-order valence-corrected chi connectivity index (χ0v) is 16.7. The summed E-state index contributed by atoms with van der Waals surface area (Å²) in [5.74, 6) is -2.13. The first-order chi connectivity index (χ1) is 9.09. The zero-order valence-electron chi connectivity index (χ0n) is 12.7. The van der Waals surface area contributed by atoms with Crippen LogP contribution in [0.25, 0.3) is 0 Å². The van der Waals surface area contributed by atoms with Crippen LogP contribution in [0, 0.1) is 0 Å². The smallest absolute Gasteiger partial charge is 0.550 e. The molecule has 7 heteroatoms. The van der Waals surface area contributed by atoms with Crippen LogP contribution in [0.1, 0.15) is 25.7 Å². The van der Waals surface area contributed by atoms with E-state index in [1.807, 2.05) is 35.2 Å². The number of nitrogens with zero attached hydrogens (tertiary/aromatic N) is 1. The van der Waals surface area contributed by atoms with Crippen molar-refractivity contribution in [2.75, 3.05) is 18.0 Å². The Morgan fingerprint density at radius 3 is 1.67 bits per heavy atom. The second-order valence-corrected chi connectivity index (χ2v) is 4.27. The molecule has 0 N–H and O–H groups in total. The van der Waals surface area contributed by atoms with Crippen LogP contribution in [0.2, 0.25) is 0 Å². The van der Waals surface area contributed by atoms with Crippen molar-refractivity contribution in [2.45, 2.75) is 25.7 Å². The Balaban J connectivity index is 0. The molecule has 1 aromatic carbocycles. The maximum Gasteiger partial charge on any atom is 1.00 e. The topological polar surface area (TPSA) is 83.5 Å². The fourth-order valence-corrected chi connectivity index (χ4v) is 1.84. The van der Waals surface area contributed by atoms with Crippen molar-refractivity contribution >= 4 is 17.6 Å². The summed E-state index contributed by atoms with van der Waals surface area (Å²) in [4.78, 5) is 22.8. The second kappa shape index (κ2) is 13.6. The average Bonchev–Trinajstić information content (AvgIpc) is 2.37. The Labute approximate surface area is 169 Å². The van der Waals surface area contributed by atoms with Crippen molar-refractivity contribution in [1.82, 2.24) is 0 Å². The number of carboxylic acids is 2. The molecule has 0 saturated carbocycles. The molecule has 5 nitrogen and oxygen atoms in total. The number of carboxylic acid groups (broad SMARTS) is 2. The number of hydrogen-bond acceptors (Lipinski definition) is 5. The minimum atomic E-state index is -1.07. The molecule has 0 heterocycles. The van der Waals surface area contributed by atoms with Crippen molar-refractivity contribution in [1.29, 1.82) is 0 Å². The quantitative estimate of drug-likeness (QED) is 0.424. The van der Waals surface area contributed by atoms with Gasteiger partial charge in [0.25, 0.3) is 0 Å². The monoisotopic (exact) mass is 309 g/mol. The van der Waals surface area contributed by atoms with Crippen LogP contribution < -0.4 is 74.2 Å². The number of carbonyl (C=O) groups is 2. The number of aliphatic carboxylic acids is 2. The standard InChI is InChI=1S/C14H19NO4.2Na/c16-13(17)8-4-10-15(11-5-9-14(18)19)12-6-2-1-3-7-12;;/h1-3,6-7H,4-5,8-11H2,(H,16,17)(H,18,19);;/q;2*+1/p-2. The van der Waals surface area contributed by atoms with Gasteiger partial charge in [-0.05, 0) is 37.8 Å². The molecule has 0 bridgehead atoms. The maximum absolute atomic E-state index is 10.4. The Kier molecular flexibility index (Phi) is 15.1. The number of benzene rings is 1. The van der Waals surface area contributed by atoms with Gasteiger partial charge in [0, 0.05) is 30.7 Å². The van der Waals surface area contributed by atoms with Gasteiger partial charge in [0.15, 0.2) is 0 Å². The van der Waals surface area contributed by atoms with E-state index in [0.717, 1.165) is 5.69 Å². The van der Waals surface area contributed by atoms with Crippen LogP contribution in [0.15, 0.2) is 30.3 Å². The second-order valence-electron chi connectivity index (χ2n) is 4.27. The molecule has 21 heavy (non-hydrogen) atoms. The molecular weight excluding hydrogens is 292 g/mol. The van der Waals surface area contributed by atoms with Crippen LogP contribution >= 0.6 is 0 Å². The molecule has 0 aliphatic carbocycles. The summed E-state index contributed by atoms with van der Waals surface area (Å²) >= 11 is 0. The number of hydrogen-bond donors (Lipinski definition) is 0. The third-order valence-electron chi connectivity index (χ3n) is 2.74. The Morgan fingerprint density at radius 2 is 1.29 bits per heavy atom. The predicted octanol–water partition coefficient (Wildman–Crippen LogP) is -6.44. The van der Waals surface area contributed by atoms with E-state index < -0.39 is 11.9 Å². The molecule has 0 radical (unpaired) electrons. The maximum atomic E-state index is 10.4. The van der Waals surface area contributed by atoms with Crippen LogP contribution in [0.5, 0.6) is 0 Å². The van der Waals surface area contributed by atoms with E-state index in [2.05, 4.69) is 0 Å². The van der Waals surface area contributed by atoms with Crippen LogP contribution in [-0.4, -0.2) is 25.0 Å². The van der Waals surface area contributed by atoms with E-state index in [0.29, 0.717) is 25.9 Å². The number of anilines is 1. The van der Waals surface area contributed by atoms with Gasteiger partial charge in [-0.3, -0.25) is 0 Å². The molecule has 0 fully saturated rings. The Bertz CT molecular complexity index is 395. The van der Waals surface area contributed by atoms with Gasteiger partial charge in [-0.25, -0.2) is 0 Å². The summed E-state index contributed by atoms with van der Waals surface area (Å²) in [6, 6.07) is 9.50. The molecule has 0 unspecified atom stereocenters. The van der Waals surface area contributed by atoms with E-state index in [9.17, 15) is 19.8 Å². The van der Waals surface area contributed by atoms with E-state index in [1.165, 1.54) is 0 Å². The van der Waals surface area contributed by atoms with E-state index in [4.69, 9.17) is 0 Å². The molecule has 0 saturated heterocycles. The van der Waals surface area contributed by atoms with Gasteiger partial charge in [-0.2, -0.15) is 0 Å². The Morgan fingerprint density at radius 1 is 0.857 bits per heavy atom. The predicted molar refractivity (Wildman–Crippen MR) is 67.1 cm³/mol. The first kappa shape index (κ1) is 23.2. The summed E-state index contributed by atoms with van der Waals surface area (Å²) in [6.07, 6.45) is 0.957. The van der Waals surface area contributed by atoms with Gasteiger partial charge < -0.3 is 24.7 Å². The van der Waals surface area contributed by atoms with Crippen LogP contribution in [-0.2, 0) is 9.59 Å². The largest absolute Gasteiger partial charge is 1.00 e. The molecule has 1 aromatic rings. The van der Waals surface area contributed by atoms with E-state index >= 15 is 0 Å². The molecule has 0 atom stereocenters. The van der Waals surface area contributed by atoms with Gasteiger partial charge in [-0.15, -0.1) is 0 Å². The van der Waals surface area contributed by atoms with Crippen molar-refractivity contribution in [2.24, 2.45) is 0 Å². The molecule has 1 rings (SSSR count). The third kappa shape index (κ3) is 11.2. The van der Waals surface area contributed by atoms with Gasteiger partial charge >= 0.3 is 59.1 Å². The molecule has 0 aliphatic rings. The minimum absolute atomic E-state index is 0. The van der Waals surface area contributed by atoms with Crippen LogP contribution in [0.3, 0.4) is 0 Å². The number of carbonyl (C=O) groups excluding carboxylic acids is 2. The van der Waals surface area contributed by atoms with Gasteiger partial charge in [-0.1, -0.05) is 18.2 Å². The summed E-state index contributed by atoms with van der Waals surface area (Å²) in [6.45, 7) is 1.12. The fourth-order valence-electron chi connectivity index (χ4n) is 1.84. The summed E-state index contributed by atoms with van der Waals surface area (Å²) in [5.41, 5.74) is 0.958. The van der Waals surface area contributed by atoms with E-state index in [-0.39, 0.29) is 72.0 Å². The zero-order chi connectivity index (χ0) is 14.1. The summed E-state index contributed by atoms with van der Waals surface area (Å²) < 4.78 is 0. The van der Waals surface area contributed by atoms with Gasteiger partial charge in [0.1, 0.15) is 0 Å². The normalized spacial score (nSPS) is 9.14. The average molecular weight is 309 g/mol. The first-order valence-corrected chi connectivity index (χ1v) is 6.29. The third-order valence-corrected chi connectivity index (χ3v) is 2.74. The van der Waals surface area contributed by atoms with Gasteiger partial charge in [0.2, 0.25) is 0 Å². The van der Waals surface area contributed by atoms with Gasteiger partial charge in [0.05, 0.1) is 0 Å².